The summed E-state index contributed by atoms with van der Waals surface area (Å²) in [5, 5.41) is 13.7. The first-order chi connectivity index (χ1) is 12.7. The lowest BCUT2D eigenvalue weighted by molar-refractivity contribution is 0.949. The van der Waals surface area contributed by atoms with E-state index in [2.05, 4.69) is 60.7 Å². The van der Waals surface area contributed by atoms with Crippen molar-refractivity contribution in [1.29, 1.82) is 0 Å². The zero-order valence-electron chi connectivity index (χ0n) is 14.4. The molecule has 0 aliphatic heterocycles. The molecule has 6 nitrogen and oxygen atoms in total. The predicted octanol–water partition coefficient (Wildman–Crippen LogP) is 4.29. The lowest BCUT2D eigenvalue weighted by Gasteiger charge is -2.00. The van der Waals surface area contributed by atoms with Crippen LogP contribution in [0.25, 0.3) is 22.1 Å². The Labute approximate surface area is 159 Å². The van der Waals surface area contributed by atoms with E-state index >= 15 is 0 Å². The summed E-state index contributed by atoms with van der Waals surface area (Å²) in [6.45, 7) is 2.14. The van der Waals surface area contributed by atoms with Crippen LogP contribution in [0.1, 0.15) is 18.1 Å². The fourth-order valence-corrected chi connectivity index (χ4v) is 3.24. The summed E-state index contributed by atoms with van der Waals surface area (Å²) >= 11 is 3.50. The largest absolute Gasteiger partial charge is 0.327 e. The van der Waals surface area contributed by atoms with Crippen molar-refractivity contribution in [1.82, 2.24) is 19.7 Å². The number of nitrogens with zero attached hydrogens (tertiary/aromatic N) is 5. The van der Waals surface area contributed by atoms with E-state index in [0.717, 1.165) is 38.5 Å². The van der Waals surface area contributed by atoms with Gasteiger partial charge in [0.25, 0.3) is 5.95 Å². The molecular weight excluding hydrogens is 392 g/mol. The molecule has 130 valence electrons. The number of nitrogens with one attached hydrogen (secondary N) is 1. The number of benzene rings is 2. The topological polar surface area (TPSA) is 68.0 Å². The second kappa shape index (κ2) is 6.84. The molecule has 4 rings (SSSR count). The Morgan fingerprint density at radius 2 is 1.96 bits per heavy atom. The maximum Gasteiger partial charge on any atom is 0.265 e. The van der Waals surface area contributed by atoms with Gasteiger partial charge in [0.1, 0.15) is 5.52 Å². The van der Waals surface area contributed by atoms with E-state index in [4.69, 9.17) is 0 Å². The summed E-state index contributed by atoms with van der Waals surface area (Å²) in [5.41, 5.74) is 7.76. The molecule has 0 aliphatic rings. The zero-order chi connectivity index (χ0) is 18.1. The van der Waals surface area contributed by atoms with Gasteiger partial charge in [-0.2, -0.15) is 10.1 Å². The number of fused-ring (bicyclic) bond motifs is 3. The SMILES string of the molecule is CCc1ccc(/C=N/Nc2nnc3c4cc(Br)ccc4n(C)c3n2)cc1. The van der Waals surface area contributed by atoms with Crippen LogP contribution in [0, 0.1) is 0 Å². The number of hydrogen-bond donors (Lipinski definition) is 1. The monoisotopic (exact) mass is 408 g/mol. The van der Waals surface area contributed by atoms with E-state index in [-0.39, 0.29) is 0 Å². The summed E-state index contributed by atoms with van der Waals surface area (Å²) in [6.07, 6.45) is 2.77. The molecule has 2 heterocycles. The van der Waals surface area contributed by atoms with Crippen molar-refractivity contribution in [2.75, 3.05) is 5.43 Å². The lowest BCUT2D eigenvalue weighted by atomic mass is 10.1. The Kier molecular flexibility index (Phi) is 4.38. The second-order valence-corrected chi connectivity index (χ2v) is 6.91. The van der Waals surface area contributed by atoms with Gasteiger partial charge in [-0.15, -0.1) is 10.2 Å². The Balaban J connectivity index is 1.61. The van der Waals surface area contributed by atoms with Gasteiger partial charge in [0, 0.05) is 16.9 Å². The molecule has 4 aromatic rings. The van der Waals surface area contributed by atoms with Crippen molar-refractivity contribution in [3.8, 4) is 0 Å². The van der Waals surface area contributed by atoms with Crippen LogP contribution in [0.5, 0.6) is 0 Å². The fourth-order valence-electron chi connectivity index (χ4n) is 2.88. The number of anilines is 1. The van der Waals surface area contributed by atoms with Gasteiger partial charge in [-0.3, -0.25) is 0 Å². The quantitative estimate of drug-likeness (QED) is 0.404. The number of aryl methyl sites for hydroxylation is 2. The smallest absolute Gasteiger partial charge is 0.265 e. The molecule has 1 N–H and O–H groups in total. The first kappa shape index (κ1) is 16.7. The summed E-state index contributed by atoms with van der Waals surface area (Å²) in [6, 6.07) is 14.3. The molecule has 2 aromatic carbocycles. The maximum atomic E-state index is 4.55. The molecule has 0 aliphatic carbocycles. The molecule has 0 spiro atoms. The average molecular weight is 409 g/mol. The van der Waals surface area contributed by atoms with E-state index in [9.17, 15) is 0 Å². The minimum atomic E-state index is 0.365. The van der Waals surface area contributed by atoms with Gasteiger partial charge in [-0.1, -0.05) is 47.1 Å². The van der Waals surface area contributed by atoms with Gasteiger partial charge in [0.15, 0.2) is 5.65 Å². The maximum absolute atomic E-state index is 4.55. The van der Waals surface area contributed by atoms with E-state index in [1.807, 2.05) is 41.9 Å². The first-order valence-corrected chi connectivity index (χ1v) is 9.11. The van der Waals surface area contributed by atoms with Crippen LogP contribution in [0.3, 0.4) is 0 Å². The summed E-state index contributed by atoms with van der Waals surface area (Å²) in [5.74, 6) is 0.365. The Hall–Kier alpha value is -2.80. The second-order valence-electron chi connectivity index (χ2n) is 5.99. The van der Waals surface area contributed by atoms with Crippen molar-refractivity contribution in [3.63, 3.8) is 0 Å². The predicted molar refractivity (Wildman–Crippen MR) is 109 cm³/mol. The van der Waals surface area contributed by atoms with E-state index in [1.165, 1.54) is 5.56 Å². The third-order valence-electron chi connectivity index (χ3n) is 4.33. The number of halogens is 1. The van der Waals surface area contributed by atoms with Gasteiger partial charge in [0.05, 0.1) is 11.7 Å². The summed E-state index contributed by atoms with van der Waals surface area (Å²) in [7, 11) is 1.97. The number of aromatic nitrogens is 4. The van der Waals surface area contributed by atoms with Crippen LogP contribution in [-0.2, 0) is 13.5 Å². The Morgan fingerprint density at radius 1 is 1.15 bits per heavy atom. The minimum Gasteiger partial charge on any atom is -0.327 e. The lowest BCUT2D eigenvalue weighted by Crippen LogP contribution is -2.00. The van der Waals surface area contributed by atoms with Crippen LogP contribution < -0.4 is 5.43 Å². The van der Waals surface area contributed by atoms with Gasteiger partial charge in [0.2, 0.25) is 0 Å². The summed E-state index contributed by atoms with van der Waals surface area (Å²) in [4.78, 5) is 4.55. The van der Waals surface area contributed by atoms with Crippen molar-refractivity contribution in [2.45, 2.75) is 13.3 Å². The number of hydrazone groups is 1. The third-order valence-corrected chi connectivity index (χ3v) is 4.82. The van der Waals surface area contributed by atoms with E-state index in [0.29, 0.717) is 5.95 Å². The zero-order valence-corrected chi connectivity index (χ0v) is 16.0. The number of hydrogen-bond acceptors (Lipinski definition) is 5. The van der Waals surface area contributed by atoms with Crippen molar-refractivity contribution >= 4 is 50.2 Å². The number of rotatable bonds is 4. The van der Waals surface area contributed by atoms with Gasteiger partial charge in [-0.05, 0) is 35.7 Å². The van der Waals surface area contributed by atoms with Crippen molar-refractivity contribution in [2.24, 2.45) is 12.1 Å². The molecule has 0 amide bonds. The van der Waals surface area contributed by atoms with Gasteiger partial charge < -0.3 is 4.57 Å². The van der Waals surface area contributed by atoms with Gasteiger partial charge in [-0.25, -0.2) is 5.43 Å². The Morgan fingerprint density at radius 3 is 2.73 bits per heavy atom. The average Bonchev–Trinajstić information content (AvgIpc) is 2.94. The highest BCUT2D eigenvalue weighted by Crippen LogP contribution is 2.27. The van der Waals surface area contributed by atoms with Crippen LogP contribution in [-0.4, -0.2) is 26.0 Å². The highest BCUT2D eigenvalue weighted by molar-refractivity contribution is 9.10. The third kappa shape index (κ3) is 3.06. The molecule has 0 radical (unpaired) electrons. The molecule has 0 fully saturated rings. The van der Waals surface area contributed by atoms with Crippen molar-refractivity contribution in [3.05, 3.63) is 58.1 Å². The highest BCUT2D eigenvalue weighted by atomic mass is 79.9. The summed E-state index contributed by atoms with van der Waals surface area (Å²) < 4.78 is 3.00. The molecule has 0 saturated heterocycles. The standard InChI is InChI=1S/C19H17BrN6/c1-3-12-4-6-13(7-5-12)11-21-24-19-22-18-17(23-25-19)15-10-14(20)8-9-16(15)26(18)2/h4-11H,3H2,1-2H3,(H,22,24,25)/b21-11+. The van der Waals surface area contributed by atoms with Crippen LogP contribution in [0.4, 0.5) is 5.95 Å². The molecule has 0 unspecified atom stereocenters. The Bertz CT molecular complexity index is 1110. The van der Waals surface area contributed by atoms with Crippen LogP contribution in [0.15, 0.2) is 52.0 Å². The molecular formula is C19H17BrN6. The fraction of sp³-hybridized carbons (Fsp3) is 0.158. The molecule has 0 bridgehead atoms. The molecule has 26 heavy (non-hydrogen) atoms. The van der Waals surface area contributed by atoms with E-state index in [1.54, 1.807) is 6.21 Å². The molecule has 2 aromatic heterocycles. The van der Waals surface area contributed by atoms with E-state index < -0.39 is 0 Å². The molecule has 0 saturated carbocycles. The molecule has 0 atom stereocenters. The molecule has 7 heteroatoms. The first-order valence-electron chi connectivity index (χ1n) is 8.32. The van der Waals surface area contributed by atoms with Crippen molar-refractivity contribution < 1.29 is 0 Å². The van der Waals surface area contributed by atoms with Crippen LogP contribution >= 0.6 is 15.9 Å². The minimum absolute atomic E-state index is 0.365. The highest BCUT2D eigenvalue weighted by Gasteiger charge is 2.12. The van der Waals surface area contributed by atoms with Gasteiger partial charge >= 0.3 is 0 Å². The normalized spacial score (nSPS) is 11.7. The van der Waals surface area contributed by atoms with Crippen LogP contribution in [0.2, 0.25) is 0 Å².